The van der Waals surface area contributed by atoms with Gasteiger partial charge in [0.15, 0.2) is 5.58 Å². The number of hydrogen-bond acceptors (Lipinski definition) is 5. The predicted molar refractivity (Wildman–Crippen MR) is 91.8 cm³/mol. The first-order chi connectivity index (χ1) is 12.0. The van der Waals surface area contributed by atoms with Crippen molar-refractivity contribution in [2.24, 2.45) is 0 Å². The molecular formula is C17H12ClN3O4. The number of ether oxygens (including phenoxy) is 1. The molecule has 2 amide bonds. The van der Waals surface area contributed by atoms with Crippen molar-refractivity contribution >= 4 is 46.2 Å². The van der Waals surface area contributed by atoms with Crippen LogP contribution in [0.1, 0.15) is 6.92 Å². The van der Waals surface area contributed by atoms with E-state index in [1.807, 2.05) is 0 Å². The maximum atomic E-state index is 12.6. The molecule has 1 unspecified atom stereocenters. The van der Waals surface area contributed by atoms with Crippen LogP contribution in [-0.4, -0.2) is 22.4 Å². The van der Waals surface area contributed by atoms with E-state index >= 15 is 0 Å². The molecule has 0 aliphatic carbocycles. The van der Waals surface area contributed by atoms with E-state index in [2.05, 4.69) is 15.6 Å². The minimum absolute atomic E-state index is 0.00859. The van der Waals surface area contributed by atoms with Crippen molar-refractivity contribution in [2.45, 2.75) is 12.5 Å². The summed E-state index contributed by atoms with van der Waals surface area (Å²) in [5.74, 6) is -0.966. The molecule has 7 nitrogen and oxygen atoms in total. The van der Waals surface area contributed by atoms with Crippen molar-refractivity contribution < 1.29 is 18.7 Å². The second kappa shape index (κ2) is 5.49. The van der Waals surface area contributed by atoms with Gasteiger partial charge in [0, 0.05) is 5.02 Å². The Morgan fingerprint density at radius 1 is 1.28 bits per heavy atom. The number of anilines is 2. The lowest BCUT2D eigenvalue weighted by atomic mass is 10.0. The zero-order valence-electron chi connectivity index (χ0n) is 13.0. The molecule has 2 N–H and O–H groups in total. The molecule has 2 aromatic carbocycles. The summed E-state index contributed by atoms with van der Waals surface area (Å²) in [4.78, 5) is 29.2. The van der Waals surface area contributed by atoms with Gasteiger partial charge in [0.1, 0.15) is 11.3 Å². The van der Waals surface area contributed by atoms with Gasteiger partial charge in [0.05, 0.1) is 5.69 Å². The maximum absolute atomic E-state index is 12.6. The summed E-state index contributed by atoms with van der Waals surface area (Å²) in [7, 11) is 0. The van der Waals surface area contributed by atoms with Crippen molar-refractivity contribution in [3.63, 3.8) is 0 Å². The molecule has 1 aliphatic heterocycles. The number of aromatic nitrogens is 1. The number of carbonyl (C=O) groups excluding carboxylic acids is 2. The first kappa shape index (κ1) is 15.5. The number of benzene rings is 2. The van der Waals surface area contributed by atoms with Gasteiger partial charge in [-0.15, -0.1) is 0 Å². The third-order valence-corrected chi connectivity index (χ3v) is 4.12. The van der Waals surface area contributed by atoms with Crippen LogP contribution in [0.4, 0.5) is 11.7 Å². The average Bonchev–Trinajstić information content (AvgIpc) is 2.98. The van der Waals surface area contributed by atoms with Crippen LogP contribution in [0.5, 0.6) is 5.75 Å². The van der Waals surface area contributed by atoms with E-state index in [-0.39, 0.29) is 6.01 Å². The van der Waals surface area contributed by atoms with Crippen LogP contribution in [0.3, 0.4) is 0 Å². The predicted octanol–water partition coefficient (Wildman–Crippen LogP) is 3.21. The van der Waals surface area contributed by atoms with Crippen molar-refractivity contribution in [3.8, 4) is 5.75 Å². The average molecular weight is 358 g/mol. The standard InChI is InChI=1S/C17H12ClN3O4/c1-17(14(22)19-11-8-9(18)6-7-13(11)25-17)15(23)21-16-20-10-4-2-3-5-12(10)24-16/h2-8H,1H3,(H,19,22)(H,20,21,23). The summed E-state index contributed by atoms with van der Waals surface area (Å²) < 4.78 is 11.1. The SMILES string of the molecule is CC1(C(=O)Nc2nc3ccccc3o2)Oc2ccc(Cl)cc2NC1=O. The maximum Gasteiger partial charge on any atom is 0.302 e. The first-order valence-electron chi connectivity index (χ1n) is 7.43. The summed E-state index contributed by atoms with van der Waals surface area (Å²) >= 11 is 5.90. The molecule has 0 bridgehead atoms. The number of oxazole rings is 1. The molecule has 8 heteroatoms. The highest BCUT2D eigenvalue weighted by atomic mass is 35.5. The lowest BCUT2D eigenvalue weighted by Gasteiger charge is -2.32. The third kappa shape index (κ3) is 2.58. The lowest BCUT2D eigenvalue weighted by Crippen LogP contribution is -2.56. The van der Waals surface area contributed by atoms with Gasteiger partial charge in [-0.2, -0.15) is 4.98 Å². The van der Waals surface area contributed by atoms with Crippen LogP contribution in [0.2, 0.25) is 5.02 Å². The Bertz CT molecular complexity index is 983. The molecule has 126 valence electrons. The minimum Gasteiger partial charge on any atom is -0.466 e. The van der Waals surface area contributed by atoms with E-state index in [0.717, 1.165) is 0 Å². The van der Waals surface area contributed by atoms with E-state index in [9.17, 15) is 9.59 Å². The molecule has 0 saturated carbocycles. The van der Waals surface area contributed by atoms with Crippen molar-refractivity contribution in [2.75, 3.05) is 10.6 Å². The van der Waals surface area contributed by atoms with Crippen LogP contribution in [0.15, 0.2) is 46.9 Å². The number of para-hydroxylation sites is 2. The Kier molecular flexibility index (Phi) is 3.40. The van der Waals surface area contributed by atoms with Crippen LogP contribution < -0.4 is 15.4 Å². The van der Waals surface area contributed by atoms with Gasteiger partial charge in [-0.3, -0.25) is 14.9 Å². The van der Waals surface area contributed by atoms with Gasteiger partial charge in [-0.25, -0.2) is 0 Å². The summed E-state index contributed by atoms with van der Waals surface area (Å²) in [6.45, 7) is 1.37. The lowest BCUT2D eigenvalue weighted by molar-refractivity contribution is -0.143. The fourth-order valence-corrected chi connectivity index (χ4v) is 2.66. The van der Waals surface area contributed by atoms with E-state index in [1.165, 1.54) is 6.92 Å². The van der Waals surface area contributed by atoms with Gasteiger partial charge in [-0.1, -0.05) is 23.7 Å². The number of fused-ring (bicyclic) bond motifs is 2. The second-order valence-electron chi connectivity index (χ2n) is 5.67. The van der Waals surface area contributed by atoms with Gasteiger partial charge < -0.3 is 14.5 Å². The summed E-state index contributed by atoms with van der Waals surface area (Å²) in [6, 6.07) is 11.8. The molecule has 3 aromatic rings. The number of amides is 2. The van der Waals surface area contributed by atoms with Crippen molar-refractivity contribution in [1.82, 2.24) is 4.98 Å². The fourth-order valence-electron chi connectivity index (χ4n) is 2.49. The van der Waals surface area contributed by atoms with Crippen molar-refractivity contribution in [3.05, 3.63) is 47.5 Å². The largest absolute Gasteiger partial charge is 0.466 e. The van der Waals surface area contributed by atoms with E-state index in [0.29, 0.717) is 27.6 Å². The fraction of sp³-hybridized carbons (Fsp3) is 0.118. The number of nitrogens with one attached hydrogen (secondary N) is 2. The second-order valence-corrected chi connectivity index (χ2v) is 6.11. The Balaban J connectivity index is 1.62. The van der Waals surface area contributed by atoms with Gasteiger partial charge in [0.2, 0.25) is 0 Å². The van der Waals surface area contributed by atoms with Crippen LogP contribution in [-0.2, 0) is 9.59 Å². The highest BCUT2D eigenvalue weighted by molar-refractivity contribution is 6.31. The molecule has 0 fully saturated rings. The normalized spacial score (nSPS) is 19.0. The highest BCUT2D eigenvalue weighted by Gasteiger charge is 2.47. The van der Waals surface area contributed by atoms with E-state index in [1.54, 1.807) is 42.5 Å². The number of hydrogen-bond donors (Lipinski definition) is 2. The summed E-state index contributed by atoms with van der Waals surface area (Å²) in [5, 5.41) is 5.56. The topological polar surface area (TPSA) is 93.5 Å². The van der Waals surface area contributed by atoms with Crippen LogP contribution >= 0.6 is 11.6 Å². The summed E-state index contributed by atoms with van der Waals surface area (Å²) in [6.07, 6.45) is 0. The molecule has 25 heavy (non-hydrogen) atoms. The number of rotatable bonds is 2. The quantitative estimate of drug-likeness (QED) is 0.687. The summed E-state index contributed by atoms with van der Waals surface area (Å²) in [5.41, 5.74) is -0.250. The third-order valence-electron chi connectivity index (χ3n) is 3.88. The van der Waals surface area contributed by atoms with Crippen LogP contribution in [0.25, 0.3) is 11.1 Å². The number of halogens is 1. The molecule has 1 aromatic heterocycles. The van der Waals surface area contributed by atoms with E-state index < -0.39 is 17.4 Å². The van der Waals surface area contributed by atoms with Gasteiger partial charge in [0.25, 0.3) is 17.4 Å². The Hall–Kier alpha value is -3.06. The number of carbonyl (C=O) groups is 2. The Morgan fingerprint density at radius 2 is 2.08 bits per heavy atom. The van der Waals surface area contributed by atoms with Crippen molar-refractivity contribution in [1.29, 1.82) is 0 Å². The molecule has 1 aliphatic rings. The Labute approximate surface area is 146 Å². The number of nitrogens with zero attached hydrogens (tertiary/aromatic N) is 1. The molecule has 2 heterocycles. The zero-order valence-corrected chi connectivity index (χ0v) is 13.8. The first-order valence-corrected chi connectivity index (χ1v) is 7.80. The van der Waals surface area contributed by atoms with Crippen LogP contribution in [0, 0.1) is 0 Å². The highest BCUT2D eigenvalue weighted by Crippen LogP contribution is 2.36. The Morgan fingerprint density at radius 3 is 2.88 bits per heavy atom. The monoisotopic (exact) mass is 357 g/mol. The molecule has 4 rings (SSSR count). The molecule has 0 saturated heterocycles. The minimum atomic E-state index is -1.78. The molecule has 1 atom stereocenters. The van der Waals surface area contributed by atoms with E-state index in [4.69, 9.17) is 20.8 Å². The molecule has 0 radical (unpaired) electrons. The van der Waals surface area contributed by atoms with Gasteiger partial charge in [-0.05, 0) is 37.3 Å². The zero-order chi connectivity index (χ0) is 17.6. The van der Waals surface area contributed by atoms with Gasteiger partial charge >= 0.3 is 6.01 Å². The smallest absolute Gasteiger partial charge is 0.302 e. The molecular weight excluding hydrogens is 346 g/mol. The molecule has 0 spiro atoms.